The van der Waals surface area contributed by atoms with Crippen molar-refractivity contribution in [2.45, 2.75) is 70.1 Å². The molecule has 3 atom stereocenters. The van der Waals surface area contributed by atoms with Crippen molar-refractivity contribution in [2.75, 3.05) is 29.9 Å². The van der Waals surface area contributed by atoms with Crippen LogP contribution in [-0.2, 0) is 5.41 Å². The second-order valence-electron chi connectivity index (χ2n) is 12.6. The predicted molar refractivity (Wildman–Crippen MR) is 174 cm³/mol. The van der Waals surface area contributed by atoms with Crippen LogP contribution in [0, 0.1) is 0 Å². The number of benzene rings is 2. The summed E-state index contributed by atoms with van der Waals surface area (Å²) in [7, 11) is 2.14. The lowest BCUT2D eigenvalue weighted by Crippen LogP contribution is -2.35. The van der Waals surface area contributed by atoms with Crippen molar-refractivity contribution in [2.24, 2.45) is 0 Å². The van der Waals surface area contributed by atoms with Crippen molar-refractivity contribution in [3.8, 4) is 5.75 Å². The number of amides is 2. The molecule has 1 saturated heterocycles. The molecule has 0 spiro atoms. The van der Waals surface area contributed by atoms with Gasteiger partial charge in [-0.15, -0.1) is 10.2 Å². The molecule has 0 saturated carbocycles. The van der Waals surface area contributed by atoms with Crippen molar-refractivity contribution in [3.05, 3.63) is 83.3 Å². The molecule has 43 heavy (non-hydrogen) atoms. The van der Waals surface area contributed by atoms with Crippen molar-refractivity contribution >= 4 is 35.0 Å². The van der Waals surface area contributed by atoms with Crippen LogP contribution < -0.4 is 20.1 Å². The topological polar surface area (TPSA) is 95.8 Å². The molecule has 2 aromatic carbocycles. The first-order chi connectivity index (χ1) is 20.7. The number of pyridine rings is 1. The van der Waals surface area contributed by atoms with E-state index in [-0.39, 0.29) is 29.6 Å². The molecule has 1 fully saturated rings. The Morgan fingerprint density at radius 3 is 2.53 bits per heavy atom. The van der Waals surface area contributed by atoms with Crippen molar-refractivity contribution < 1.29 is 9.53 Å². The maximum absolute atomic E-state index is 13.3. The number of fused-ring (bicyclic) bond motifs is 2. The summed E-state index contributed by atoms with van der Waals surface area (Å²) in [6.07, 6.45) is 7.68. The van der Waals surface area contributed by atoms with Gasteiger partial charge in [0.2, 0.25) is 0 Å². The number of carbonyl (C=O) groups is 1. The number of hydrogen-bond acceptors (Lipinski definition) is 7. The highest BCUT2D eigenvalue weighted by molar-refractivity contribution is 7.99. The molecular weight excluding hydrogens is 558 g/mol. The maximum atomic E-state index is 13.3. The van der Waals surface area contributed by atoms with Crippen LogP contribution in [0.15, 0.2) is 60.8 Å². The van der Waals surface area contributed by atoms with Crippen LogP contribution >= 0.6 is 11.9 Å². The number of aromatic nitrogens is 3. The molecule has 9 nitrogen and oxygen atoms in total. The Labute approximate surface area is 257 Å². The van der Waals surface area contributed by atoms with Crippen LogP contribution in [-0.4, -0.2) is 45.4 Å². The average Bonchev–Trinajstić information content (AvgIpc) is 3.59. The number of hydrogen-bond donors (Lipinski definition) is 3. The van der Waals surface area contributed by atoms with Gasteiger partial charge in [-0.2, -0.15) is 0 Å². The second-order valence-corrected chi connectivity index (χ2v) is 13.2. The van der Waals surface area contributed by atoms with Gasteiger partial charge in [0.05, 0.1) is 18.3 Å². The zero-order chi connectivity index (χ0) is 30.1. The van der Waals surface area contributed by atoms with Crippen LogP contribution in [0.5, 0.6) is 5.75 Å². The van der Waals surface area contributed by atoms with Gasteiger partial charge in [0.25, 0.3) is 0 Å². The number of nitrogens with zero attached hydrogens (tertiary/aromatic N) is 4. The molecule has 1 aliphatic heterocycles. The third-order valence-corrected chi connectivity index (χ3v) is 8.96. The zero-order valence-corrected chi connectivity index (χ0v) is 26.4. The number of ether oxygens (including phenoxy) is 1. The number of urea groups is 1. The molecule has 3 N–H and O–H groups in total. The van der Waals surface area contributed by atoms with Crippen molar-refractivity contribution in [1.29, 1.82) is 0 Å². The summed E-state index contributed by atoms with van der Waals surface area (Å²) in [6, 6.07) is 18.3. The fourth-order valence-corrected chi connectivity index (χ4v) is 6.60. The molecule has 6 rings (SSSR count). The highest BCUT2D eigenvalue weighted by Crippen LogP contribution is 2.39. The van der Waals surface area contributed by atoms with Gasteiger partial charge >= 0.3 is 6.03 Å². The Morgan fingerprint density at radius 1 is 1.00 bits per heavy atom. The SMILES string of the molecule is CSNc1cc(NC(=O)NC2CCC(Oc3ccc4nnc(C5CCCN5C)n4c3)c3ccccc32)cc(C(C)(C)C)c1. The predicted octanol–water partition coefficient (Wildman–Crippen LogP) is 7.26. The zero-order valence-electron chi connectivity index (χ0n) is 25.6. The first kappa shape index (κ1) is 29.3. The van der Waals surface area contributed by atoms with Gasteiger partial charge in [-0.05, 0) is 91.7 Å². The van der Waals surface area contributed by atoms with Gasteiger partial charge in [0, 0.05) is 17.6 Å². The summed E-state index contributed by atoms with van der Waals surface area (Å²) < 4.78 is 12.0. The highest BCUT2D eigenvalue weighted by atomic mass is 32.2. The van der Waals surface area contributed by atoms with E-state index in [0.29, 0.717) is 0 Å². The minimum atomic E-state index is -0.220. The summed E-state index contributed by atoms with van der Waals surface area (Å²) >= 11 is 1.53. The standard InChI is InChI=1S/C33H41N7O2S/c1-33(2,3)21-17-22(19-23(18-21)38-43-5)34-32(41)35-27-13-14-29(26-10-7-6-9-25(26)27)42-24-12-15-30-36-37-31(40(30)20-24)28-11-8-16-39(28)4/h6-7,9-10,12,15,17-20,27-29,38H,8,11,13-14,16H2,1-5H3,(H2,34,35,41). The first-order valence-electron chi connectivity index (χ1n) is 15.0. The number of anilines is 2. The molecule has 0 radical (unpaired) electrons. The summed E-state index contributed by atoms with van der Waals surface area (Å²) in [5, 5.41) is 15.2. The lowest BCUT2D eigenvalue weighted by molar-refractivity contribution is 0.171. The molecular formula is C33H41N7O2S. The van der Waals surface area contributed by atoms with E-state index in [1.165, 1.54) is 11.9 Å². The van der Waals surface area contributed by atoms with Gasteiger partial charge in [-0.25, -0.2) is 4.79 Å². The maximum Gasteiger partial charge on any atom is 0.319 e. The number of rotatable bonds is 7. The Kier molecular flexibility index (Phi) is 8.24. The van der Waals surface area contributed by atoms with Crippen LogP contribution in [0.3, 0.4) is 0 Å². The third-order valence-electron chi connectivity index (χ3n) is 8.52. The molecule has 2 amide bonds. The molecule has 3 heterocycles. The van der Waals surface area contributed by atoms with Gasteiger partial charge in [-0.3, -0.25) is 9.30 Å². The van der Waals surface area contributed by atoms with Crippen molar-refractivity contribution in [3.63, 3.8) is 0 Å². The van der Waals surface area contributed by atoms with Gasteiger partial charge in [-0.1, -0.05) is 57.0 Å². The monoisotopic (exact) mass is 599 g/mol. The van der Waals surface area contributed by atoms with Crippen LogP contribution in [0.2, 0.25) is 0 Å². The first-order valence-corrected chi connectivity index (χ1v) is 16.2. The largest absolute Gasteiger partial charge is 0.484 e. The molecule has 10 heteroatoms. The van der Waals surface area contributed by atoms with E-state index in [0.717, 1.165) is 77.5 Å². The summed E-state index contributed by atoms with van der Waals surface area (Å²) in [6.45, 7) is 7.58. The van der Waals surface area contributed by atoms with Gasteiger partial charge in [0.1, 0.15) is 11.9 Å². The Bertz CT molecular complexity index is 1610. The lowest BCUT2D eigenvalue weighted by Gasteiger charge is -2.32. The summed E-state index contributed by atoms with van der Waals surface area (Å²) in [4.78, 5) is 15.6. The van der Waals surface area contributed by atoms with Gasteiger partial charge < -0.3 is 20.1 Å². The molecule has 1 aliphatic carbocycles. The van der Waals surface area contributed by atoms with E-state index in [9.17, 15) is 4.79 Å². The van der Waals surface area contributed by atoms with Crippen LogP contribution in [0.25, 0.3) is 5.65 Å². The third kappa shape index (κ3) is 6.31. The molecule has 226 valence electrons. The fraction of sp³-hybridized carbons (Fsp3) is 0.424. The summed E-state index contributed by atoms with van der Waals surface area (Å²) in [5.74, 6) is 1.75. The Hall–Kier alpha value is -3.76. The molecule has 0 bridgehead atoms. The van der Waals surface area contributed by atoms with Crippen LogP contribution in [0.4, 0.5) is 16.2 Å². The number of carbonyl (C=O) groups excluding carboxylic acids is 1. The fourth-order valence-electron chi connectivity index (χ4n) is 6.24. The van der Waals surface area contributed by atoms with E-state index >= 15 is 0 Å². The normalized spacial score (nSPS) is 20.5. The highest BCUT2D eigenvalue weighted by Gasteiger charge is 2.30. The number of nitrogens with one attached hydrogen (secondary N) is 3. The average molecular weight is 600 g/mol. The molecule has 2 aromatic heterocycles. The molecule has 2 aliphatic rings. The second kappa shape index (κ2) is 12.1. The van der Waals surface area contributed by atoms with E-state index < -0.39 is 0 Å². The van der Waals surface area contributed by atoms with E-state index in [1.807, 2.05) is 48.9 Å². The van der Waals surface area contributed by atoms with E-state index in [2.05, 4.69) is 80.9 Å². The van der Waals surface area contributed by atoms with E-state index in [4.69, 9.17) is 4.74 Å². The minimum absolute atomic E-state index is 0.0480. The quantitative estimate of drug-likeness (QED) is 0.192. The van der Waals surface area contributed by atoms with E-state index in [1.54, 1.807) is 0 Å². The van der Waals surface area contributed by atoms with Crippen molar-refractivity contribution in [1.82, 2.24) is 24.8 Å². The smallest absolute Gasteiger partial charge is 0.319 e. The molecule has 4 aromatic rings. The Balaban J connectivity index is 1.18. The van der Waals surface area contributed by atoms with Gasteiger partial charge in [0.15, 0.2) is 11.5 Å². The lowest BCUT2D eigenvalue weighted by atomic mass is 9.85. The number of likely N-dealkylation sites (tertiary alicyclic amines) is 1. The molecule has 3 unspecified atom stereocenters. The van der Waals surface area contributed by atoms with Crippen LogP contribution in [0.1, 0.15) is 87.2 Å². The summed E-state index contributed by atoms with van der Waals surface area (Å²) in [5.41, 5.74) is 5.83. The minimum Gasteiger partial charge on any atom is -0.484 e. The Morgan fingerprint density at radius 2 is 1.79 bits per heavy atom.